The van der Waals surface area contributed by atoms with Gasteiger partial charge in [-0.05, 0) is 13.0 Å². The molecule has 0 atom stereocenters. The smallest absolute Gasteiger partial charge is 0.340 e. The average molecular weight is 278 g/mol. The second-order valence-corrected chi connectivity index (χ2v) is 4.18. The van der Waals surface area contributed by atoms with Crippen LogP contribution < -0.4 is 16.0 Å². The zero-order chi connectivity index (χ0) is 14.7. The highest BCUT2D eigenvalue weighted by molar-refractivity contribution is 6.03. The molecule has 1 fully saturated rings. The number of nitrogens with one attached hydrogen (secondary N) is 1. The first-order valence-corrected chi connectivity index (χ1v) is 6.01. The monoisotopic (exact) mass is 278 g/mol. The predicted octanol–water partition coefficient (Wildman–Crippen LogP) is -0.697. The Hall–Kier alpha value is -2.64. The van der Waals surface area contributed by atoms with Gasteiger partial charge in [0.1, 0.15) is 5.82 Å². The lowest BCUT2D eigenvalue weighted by molar-refractivity contribution is -0.130. The van der Waals surface area contributed by atoms with Gasteiger partial charge in [0.25, 0.3) is 0 Å². The van der Waals surface area contributed by atoms with E-state index in [0.29, 0.717) is 5.82 Å². The van der Waals surface area contributed by atoms with Crippen LogP contribution >= 0.6 is 0 Å². The zero-order valence-electron chi connectivity index (χ0n) is 10.9. The molecule has 8 nitrogen and oxygen atoms in total. The van der Waals surface area contributed by atoms with Crippen molar-refractivity contribution in [1.29, 1.82) is 0 Å². The summed E-state index contributed by atoms with van der Waals surface area (Å²) in [5, 5.41) is 2.18. The molecule has 1 saturated heterocycles. The summed E-state index contributed by atoms with van der Waals surface area (Å²) in [5.41, 5.74) is 6.02. The second-order valence-electron chi connectivity index (χ2n) is 4.18. The molecule has 0 spiro atoms. The molecule has 1 aliphatic rings. The van der Waals surface area contributed by atoms with E-state index in [1.54, 1.807) is 6.92 Å². The van der Waals surface area contributed by atoms with Crippen molar-refractivity contribution in [3.63, 3.8) is 0 Å². The first-order valence-electron chi connectivity index (χ1n) is 6.01. The molecule has 0 unspecified atom stereocenters. The minimum Gasteiger partial charge on any atom is -0.462 e. The fraction of sp³-hybridized carbons (Fsp3) is 0.333. The molecule has 3 N–H and O–H groups in total. The van der Waals surface area contributed by atoms with Crippen molar-refractivity contribution in [3.8, 4) is 0 Å². The topological polar surface area (TPSA) is 115 Å². The lowest BCUT2D eigenvalue weighted by Gasteiger charge is -2.26. The van der Waals surface area contributed by atoms with E-state index < -0.39 is 17.8 Å². The molecule has 106 valence electrons. The molecule has 0 saturated carbocycles. The Morgan fingerprint density at radius 2 is 2.10 bits per heavy atom. The van der Waals surface area contributed by atoms with Crippen LogP contribution in [0.3, 0.4) is 0 Å². The summed E-state index contributed by atoms with van der Waals surface area (Å²) in [7, 11) is 0. The van der Waals surface area contributed by atoms with Crippen LogP contribution in [-0.4, -0.2) is 42.5 Å². The Balaban J connectivity index is 2.29. The number of anilines is 2. The molecule has 0 aromatic carbocycles. The summed E-state index contributed by atoms with van der Waals surface area (Å²) < 4.78 is 4.88. The summed E-state index contributed by atoms with van der Waals surface area (Å²) in [6.45, 7) is 1.89. The van der Waals surface area contributed by atoms with Crippen LogP contribution in [0.4, 0.5) is 11.5 Å². The van der Waals surface area contributed by atoms with Crippen LogP contribution in [0.15, 0.2) is 12.3 Å². The number of rotatable bonds is 3. The number of piperazine rings is 1. The molecule has 20 heavy (non-hydrogen) atoms. The van der Waals surface area contributed by atoms with E-state index in [4.69, 9.17) is 10.5 Å². The Bertz CT molecular complexity index is 557. The van der Waals surface area contributed by atoms with Crippen molar-refractivity contribution in [1.82, 2.24) is 10.3 Å². The SMILES string of the molecule is CCOC(=O)c1cc(N2CC(=O)NC(=O)C2)ncc1N. The van der Waals surface area contributed by atoms with Gasteiger partial charge in [-0.2, -0.15) is 0 Å². The number of amides is 2. The van der Waals surface area contributed by atoms with Crippen LogP contribution in [-0.2, 0) is 14.3 Å². The highest BCUT2D eigenvalue weighted by Crippen LogP contribution is 2.19. The second kappa shape index (κ2) is 5.55. The van der Waals surface area contributed by atoms with E-state index in [-0.39, 0.29) is 30.9 Å². The van der Waals surface area contributed by atoms with E-state index in [1.807, 2.05) is 0 Å². The molecule has 1 aromatic rings. The predicted molar refractivity (Wildman–Crippen MR) is 70.0 cm³/mol. The van der Waals surface area contributed by atoms with Gasteiger partial charge in [0.15, 0.2) is 0 Å². The number of aromatic nitrogens is 1. The highest BCUT2D eigenvalue weighted by Gasteiger charge is 2.24. The summed E-state index contributed by atoms with van der Waals surface area (Å²) in [6, 6.07) is 1.42. The molecular formula is C12H14N4O4. The highest BCUT2D eigenvalue weighted by atomic mass is 16.5. The number of nitrogens with two attached hydrogens (primary N) is 1. The van der Waals surface area contributed by atoms with E-state index in [2.05, 4.69) is 10.3 Å². The molecule has 2 rings (SSSR count). The maximum Gasteiger partial charge on any atom is 0.340 e. The van der Waals surface area contributed by atoms with Crippen LogP contribution in [0, 0.1) is 0 Å². The third kappa shape index (κ3) is 2.85. The van der Waals surface area contributed by atoms with Gasteiger partial charge >= 0.3 is 5.97 Å². The number of hydrogen-bond donors (Lipinski definition) is 2. The molecule has 0 bridgehead atoms. The van der Waals surface area contributed by atoms with Crippen molar-refractivity contribution in [2.45, 2.75) is 6.92 Å². The fourth-order valence-corrected chi connectivity index (χ4v) is 1.81. The molecule has 2 amide bonds. The van der Waals surface area contributed by atoms with Crippen molar-refractivity contribution < 1.29 is 19.1 Å². The first kappa shape index (κ1) is 13.8. The number of imide groups is 1. The number of nitrogen functional groups attached to an aromatic ring is 1. The Kier molecular flexibility index (Phi) is 3.83. The maximum absolute atomic E-state index is 11.7. The number of pyridine rings is 1. The van der Waals surface area contributed by atoms with Crippen LogP contribution in [0.2, 0.25) is 0 Å². The number of esters is 1. The van der Waals surface area contributed by atoms with Gasteiger partial charge in [-0.3, -0.25) is 14.9 Å². The van der Waals surface area contributed by atoms with Gasteiger partial charge in [-0.1, -0.05) is 0 Å². The fourth-order valence-electron chi connectivity index (χ4n) is 1.81. The minimum atomic E-state index is -0.568. The van der Waals surface area contributed by atoms with E-state index in [0.717, 1.165) is 0 Å². The third-order valence-corrected chi connectivity index (χ3v) is 2.69. The van der Waals surface area contributed by atoms with Crippen LogP contribution in [0.25, 0.3) is 0 Å². The first-order chi connectivity index (χ1) is 9.51. The molecular weight excluding hydrogens is 264 g/mol. The number of nitrogens with zero attached hydrogens (tertiary/aromatic N) is 2. The van der Waals surface area contributed by atoms with Gasteiger partial charge in [0.2, 0.25) is 11.8 Å². The Labute approximate surface area is 114 Å². The van der Waals surface area contributed by atoms with Gasteiger partial charge < -0.3 is 15.4 Å². The normalized spacial score (nSPS) is 14.9. The third-order valence-electron chi connectivity index (χ3n) is 2.69. The van der Waals surface area contributed by atoms with E-state index in [1.165, 1.54) is 17.2 Å². The lowest BCUT2D eigenvalue weighted by atomic mass is 10.2. The minimum absolute atomic E-state index is 0.00900. The van der Waals surface area contributed by atoms with Gasteiger partial charge in [0.05, 0.1) is 37.1 Å². The summed E-state index contributed by atoms with van der Waals surface area (Å²) in [4.78, 5) is 39.9. The lowest BCUT2D eigenvalue weighted by Crippen LogP contribution is -2.51. The van der Waals surface area contributed by atoms with Crippen molar-refractivity contribution in [3.05, 3.63) is 17.8 Å². The van der Waals surface area contributed by atoms with Crippen molar-refractivity contribution >= 4 is 29.3 Å². The molecule has 1 aliphatic heterocycles. The molecule has 8 heteroatoms. The van der Waals surface area contributed by atoms with Crippen molar-refractivity contribution in [2.24, 2.45) is 0 Å². The summed E-state index contributed by atoms with van der Waals surface area (Å²) in [6.07, 6.45) is 1.30. The number of hydrogen-bond acceptors (Lipinski definition) is 7. The van der Waals surface area contributed by atoms with E-state index in [9.17, 15) is 14.4 Å². The zero-order valence-corrected chi connectivity index (χ0v) is 10.9. The summed E-state index contributed by atoms with van der Waals surface area (Å²) in [5.74, 6) is -1.08. The maximum atomic E-state index is 11.7. The quantitative estimate of drug-likeness (QED) is 0.555. The molecule has 0 aliphatic carbocycles. The van der Waals surface area contributed by atoms with Gasteiger partial charge in [0, 0.05) is 0 Å². The molecule has 2 heterocycles. The Morgan fingerprint density at radius 3 is 2.70 bits per heavy atom. The van der Waals surface area contributed by atoms with Crippen molar-refractivity contribution in [2.75, 3.05) is 30.3 Å². The van der Waals surface area contributed by atoms with Gasteiger partial charge in [-0.15, -0.1) is 0 Å². The molecule has 0 radical (unpaired) electrons. The standard InChI is InChI=1S/C12H14N4O4/c1-2-20-12(19)7-3-9(14-4-8(7)13)16-5-10(17)15-11(18)6-16/h3-4H,2,5-6,13H2,1H3,(H,15,17,18). The van der Waals surface area contributed by atoms with Crippen LogP contribution in [0.1, 0.15) is 17.3 Å². The Morgan fingerprint density at radius 1 is 1.45 bits per heavy atom. The van der Waals surface area contributed by atoms with Gasteiger partial charge in [-0.25, -0.2) is 9.78 Å². The van der Waals surface area contributed by atoms with Crippen LogP contribution in [0.5, 0.6) is 0 Å². The number of carbonyl (C=O) groups excluding carboxylic acids is 3. The van der Waals surface area contributed by atoms with E-state index >= 15 is 0 Å². The number of ether oxygens (including phenoxy) is 1. The number of carbonyl (C=O) groups is 3. The average Bonchev–Trinajstić information content (AvgIpc) is 2.38. The molecule has 1 aromatic heterocycles. The summed E-state index contributed by atoms with van der Waals surface area (Å²) >= 11 is 0. The largest absolute Gasteiger partial charge is 0.462 e.